The average Bonchev–Trinajstić information content (AvgIpc) is 2.42. The third-order valence-electron chi connectivity index (χ3n) is 3.71. The van der Waals surface area contributed by atoms with E-state index in [9.17, 15) is 4.79 Å². The Bertz CT molecular complexity index is 463. The van der Waals surface area contributed by atoms with Crippen LogP contribution in [0, 0.1) is 0 Å². The van der Waals surface area contributed by atoms with E-state index < -0.39 is 0 Å². The lowest BCUT2D eigenvalue weighted by Gasteiger charge is -2.42. The van der Waals surface area contributed by atoms with E-state index in [-0.39, 0.29) is 29.8 Å². The van der Waals surface area contributed by atoms with E-state index in [4.69, 9.17) is 16.3 Å². The Labute approximate surface area is 130 Å². The minimum atomic E-state index is -0.0620. The van der Waals surface area contributed by atoms with Gasteiger partial charge >= 0.3 is 0 Å². The third kappa shape index (κ3) is 3.30. The van der Waals surface area contributed by atoms with Crippen LogP contribution in [0.25, 0.3) is 0 Å². The molecule has 110 valence electrons. The highest BCUT2D eigenvalue weighted by atomic mass is 35.5. The number of hydrogen-bond donors (Lipinski definition) is 1. The highest BCUT2D eigenvalue weighted by molar-refractivity contribution is 7.81. The van der Waals surface area contributed by atoms with Gasteiger partial charge in [0.25, 0.3) is 0 Å². The molecule has 0 aromatic heterocycles. The Morgan fingerprint density at radius 2 is 2.10 bits per heavy atom. The van der Waals surface area contributed by atoms with Crippen molar-refractivity contribution in [2.24, 2.45) is 0 Å². The van der Waals surface area contributed by atoms with Crippen LogP contribution in [0.4, 0.5) is 0 Å². The summed E-state index contributed by atoms with van der Waals surface area (Å²) in [4.78, 5) is 14.2. The number of rotatable bonds is 4. The first-order chi connectivity index (χ1) is 9.54. The molecule has 3 nitrogen and oxygen atoms in total. The van der Waals surface area contributed by atoms with Crippen molar-refractivity contribution >= 4 is 30.1 Å². The highest BCUT2D eigenvalue weighted by Crippen LogP contribution is 2.30. The van der Waals surface area contributed by atoms with Crippen molar-refractivity contribution in [2.45, 2.75) is 37.6 Å². The summed E-state index contributed by atoms with van der Waals surface area (Å²) >= 11 is 10.5. The second kappa shape index (κ2) is 6.83. The van der Waals surface area contributed by atoms with Crippen molar-refractivity contribution in [3.8, 4) is 0 Å². The van der Waals surface area contributed by atoms with E-state index in [0.29, 0.717) is 11.6 Å². The first kappa shape index (κ1) is 15.7. The van der Waals surface area contributed by atoms with Crippen molar-refractivity contribution in [2.75, 3.05) is 13.2 Å². The maximum Gasteiger partial charge on any atom is 0.249 e. The lowest BCUT2D eigenvalue weighted by molar-refractivity contribution is -0.152. The molecular weight excluding hydrogens is 294 g/mol. The van der Waals surface area contributed by atoms with Gasteiger partial charge in [0.05, 0.1) is 12.6 Å². The van der Waals surface area contributed by atoms with Crippen LogP contribution in [0.1, 0.15) is 31.9 Å². The molecule has 1 fully saturated rings. The van der Waals surface area contributed by atoms with Crippen LogP contribution in [0.15, 0.2) is 24.3 Å². The SMILES string of the molecule is CCC(C(C)S)N1C(=O)COCC1c1ccc(Cl)cc1. The average molecular weight is 314 g/mol. The van der Waals surface area contributed by atoms with Gasteiger partial charge < -0.3 is 9.64 Å². The summed E-state index contributed by atoms with van der Waals surface area (Å²) in [7, 11) is 0. The quantitative estimate of drug-likeness (QED) is 0.864. The van der Waals surface area contributed by atoms with Crippen molar-refractivity contribution in [1.29, 1.82) is 0 Å². The first-order valence-electron chi connectivity index (χ1n) is 6.87. The van der Waals surface area contributed by atoms with Gasteiger partial charge in [0.2, 0.25) is 5.91 Å². The lowest BCUT2D eigenvalue weighted by Crippen LogP contribution is -2.52. The number of hydrogen-bond acceptors (Lipinski definition) is 3. The molecule has 1 heterocycles. The van der Waals surface area contributed by atoms with Gasteiger partial charge in [-0.15, -0.1) is 0 Å². The molecule has 0 saturated carbocycles. The van der Waals surface area contributed by atoms with Gasteiger partial charge in [-0.05, 0) is 24.1 Å². The van der Waals surface area contributed by atoms with E-state index in [2.05, 4.69) is 19.6 Å². The van der Waals surface area contributed by atoms with Crippen molar-refractivity contribution < 1.29 is 9.53 Å². The largest absolute Gasteiger partial charge is 0.369 e. The minimum Gasteiger partial charge on any atom is -0.369 e. The van der Waals surface area contributed by atoms with E-state index in [0.717, 1.165) is 12.0 Å². The Morgan fingerprint density at radius 3 is 2.65 bits per heavy atom. The molecule has 1 aromatic carbocycles. The Morgan fingerprint density at radius 1 is 1.45 bits per heavy atom. The van der Waals surface area contributed by atoms with E-state index in [1.807, 2.05) is 36.1 Å². The lowest BCUT2D eigenvalue weighted by atomic mass is 10.00. The monoisotopic (exact) mass is 313 g/mol. The number of carbonyl (C=O) groups excluding carboxylic acids is 1. The summed E-state index contributed by atoms with van der Waals surface area (Å²) in [5.74, 6) is 0.0314. The first-order valence-corrected chi connectivity index (χ1v) is 7.76. The van der Waals surface area contributed by atoms with Gasteiger partial charge in [-0.25, -0.2) is 0 Å². The molecule has 0 bridgehead atoms. The number of ether oxygens (including phenoxy) is 1. The molecule has 1 aliphatic heterocycles. The van der Waals surface area contributed by atoms with Crippen LogP contribution in [0.2, 0.25) is 5.02 Å². The van der Waals surface area contributed by atoms with Crippen LogP contribution in [0.5, 0.6) is 0 Å². The molecule has 1 aliphatic rings. The molecule has 3 atom stereocenters. The number of nitrogens with zero attached hydrogens (tertiary/aromatic N) is 1. The van der Waals surface area contributed by atoms with Crippen LogP contribution in [0.3, 0.4) is 0 Å². The number of carbonyl (C=O) groups is 1. The van der Waals surface area contributed by atoms with Gasteiger partial charge in [0.15, 0.2) is 0 Å². The zero-order chi connectivity index (χ0) is 14.7. The smallest absolute Gasteiger partial charge is 0.249 e. The fraction of sp³-hybridized carbons (Fsp3) is 0.533. The number of morpholine rings is 1. The fourth-order valence-corrected chi connectivity index (χ4v) is 3.20. The van der Waals surface area contributed by atoms with Crippen LogP contribution >= 0.6 is 24.2 Å². The number of amides is 1. The molecule has 1 saturated heterocycles. The summed E-state index contributed by atoms with van der Waals surface area (Å²) in [6.07, 6.45) is 0.875. The van der Waals surface area contributed by atoms with Crippen molar-refractivity contribution in [3.63, 3.8) is 0 Å². The minimum absolute atomic E-state index is 0.0314. The molecule has 1 aromatic rings. The molecule has 5 heteroatoms. The van der Waals surface area contributed by atoms with Gasteiger partial charge in [0.1, 0.15) is 6.61 Å². The summed E-state index contributed by atoms with van der Waals surface area (Å²) in [6, 6.07) is 7.65. The molecule has 2 rings (SSSR count). The van der Waals surface area contributed by atoms with Crippen LogP contribution < -0.4 is 0 Å². The number of benzene rings is 1. The van der Waals surface area contributed by atoms with E-state index in [1.54, 1.807) is 0 Å². The zero-order valence-electron chi connectivity index (χ0n) is 11.8. The molecule has 0 aliphatic carbocycles. The second-order valence-electron chi connectivity index (χ2n) is 5.10. The Kier molecular flexibility index (Phi) is 5.35. The summed E-state index contributed by atoms with van der Waals surface area (Å²) in [6.45, 7) is 4.78. The zero-order valence-corrected chi connectivity index (χ0v) is 13.4. The topological polar surface area (TPSA) is 29.5 Å². The molecule has 3 unspecified atom stereocenters. The van der Waals surface area contributed by atoms with Crippen LogP contribution in [-0.2, 0) is 9.53 Å². The molecule has 0 N–H and O–H groups in total. The van der Waals surface area contributed by atoms with Crippen molar-refractivity contribution in [1.82, 2.24) is 4.90 Å². The number of halogens is 1. The van der Waals surface area contributed by atoms with Crippen molar-refractivity contribution in [3.05, 3.63) is 34.9 Å². The maximum atomic E-state index is 12.3. The molecular formula is C15H20ClNO2S. The van der Waals surface area contributed by atoms with Gasteiger partial charge in [0, 0.05) is 16.3 Å². The van der Waals surface area contributed by atoms with Gasteiger partial charge in [-0.1, -0.05) is 37.6 Å². The van der Waals surface area contributed by atoms with E-state index in [1.165, 1.54) is 0 Å². The molecule has 1 amide bonds. The molecule has 0 spiro atoms. The summed E-state index contributed by atoms with van der Waals surface area (Å²) in [5, 5.41) is 0.815. The Hall–Kier alpha value is -0.710. The summed E-state index contributed by atoms with van der Waals surface area (Å²) in [5.41, 5.74) is 1.05. The highest BCUT2D eigenvalue weighted by Gasteiger charge is 2.35. The summed E-state index contributed by atoms with van der Waals surface area (Å²) < 4.78 is 5.43. The van der Waals surface area contributed by atoms with Crippen LogP contribution in [-0.4, -0.2) is 35.3 Å². The normalized spacial score (nSPS) is 22.7. The number of thiol groups is 1. The second-order valence-corrected chi connectivity index (χ2v) is 6.35. The Balaban J connectivity index is 2.32. The molecule has 20 heavy (non-hydrogen) atoms. The third-order valence-corrected chi connectivity index (χ3v) is 4.31. The van der Waals surface area contributed by atoms with E-state index >= 15 is 0 Å². The predicted molar refractivity (Wildman–Crippen MR) is 84.4 cm³/mol. The van der Waals surface area contributed by atoms with Gasteiger partial charge in [-0.2, -0.15) is 12.6 Å². The maximum absolute atomic E-state index is 12.3. The fourth-order valence-electron chi connectivity index (χ4n) is 2.71. The standard InChI is InChI=1S/C15H20ClNO2S/c1-3-13(10(2)20)17-14(8-19-9-15(17)18)11-4-6-12(16)7-5-11/h4-7,10,13-14,20H,3,8-9H2,1-2H3. The van der Waals surface area contributed by atoms with Gasteiger partial charge in [-0.3, -0.25) is 4.79 Å². The molecule has 0 radical (unpaired) electrons. The predicted octanol–water partition coefficient (Wildman–Crippen LogP) is 3.34.